The van der Waals surface area contributed by atoms with E-state index in [0.29, 0.717) is 0 Å². The van der Waals surface area contributed by atoms with Crippen LogP contribution >= 0.6 is 0 Å². The fourth-order valence-corrected chi connectivity index (χ4v) is 4.29. The van der Waals surface area contributed by atoms with Crippen molar-refractivity contribution in [1.82, 2.24) is 4.57 Å². The molecule has 0 aliphatic carbocycles. The highest BCUT2D eigenvalue weighted by Crippen LogP contribution is 2.13. The molecule has 2 nitrogen and oxygen atoms in total. The molecule has 0 bridgehead atoms. The quantitative estimate of drug-likeness (QED) is 0.157. The maximum absolute atomic E-state index is 2.54. The molecule has 0 amide bonds. The Labute approximate surface area is 177 Å². The van der Waals surface area contributed by atoms with Crippen molar-refractivity contribution in [3.63, 3.8) is 0 Å². The van der Waals surface area contributed by atoms with Gasteiger partial charge in [0, 0.05) is 6.42 Å². The summed E-state index contributed by atoms with van der Waals surface area (Å²) >= 11 is 0. The minimum absolute atomic E-state index is 1.11. The van der Waals surface area contributed by atoms with Gasteiger partial charge in [-0.1, -0.05) is 104 Å². The van der Waals surface area contributed by atoms with Crippen LogP contribution in [0, 0.1) is 0 Å². The SMILES string of the molecule is CCCCCCCCCCCCCCc1n(CC)cc[n+]1CCCCCCC. The van der Waals surface area contributed by atoms with Crippen LogP contribution in [0.3, 0.4) is 0 Å². The molecule has 0 aliphatic heterocycles. The molecule has 2 heteroatoms. The third-order valence-corrected chi connectivity index (χ3v) is 6.19. The van der Waals surface area contributed by atoms with Crippen molar-refractivity contribution in [3.05, 3.63) is 18.2 Å². The lowest BCUT2D eigenvalue weighted by Crippen LogP contribution is -2.37. The largest absolute Gasteiger partial charge is 0.256 e. The zero-order valence-electron chi connectivity index (χ0n) is 19.7. The van der Waals surface area contributed by atoms with Crippen LogP contribution in [0.4, 0.5) is 0 Å². The van der Waals surface area contributed by atoms with Crippen molar-refractivity contribution in [2.24, 2.45) is 0 Å². The molecule has 164 valence electrons. The topological polar surface area (TPSA) is 8.81 Å². The van der Waals surface area contributed by atoms with Crippen LogP contribution in [0.1, 0.15) is 136 Å². The van der Waals surface area contributed by atoms with Gasteiger partial charge in [0.2, 0.25) is 0 Å². The van der Waals surface area contributed by atoms with Gasteiger partial charge in [0.05, 0.1) is 13.1 Å². The lowest BCUT2D eigenvalue weighted by atomic mass is 10.0. The van der Waals surface area contributed by atoms with Gasteiger partial charge in [0.1, 0.15) is 12.4 Å². The highest BCUT2D eigenvalue weighted by molar-refractivity contribution is 4.83. The van der Waals surface area contributed by atoms with Crippen LogP contribution in [0.25, 0.3) is 0 Å². The molecule has 0 aromatic carbocycles. The third kappa shape index (κ3) is 11.9. The van der Waals surface area contributed by atoms with Gasteiger partial charge in [-0.25, -0.2) is 9.13 Å². The summed E-state index contributed by atoms with van der Waals surface area (Å²) in [5.41, 5.74) is 0. The van der Waals surface area contributed by atoms with E-state index in [1.54, 1.807) is 5.82 Å². The van der Waals surface area contributed by atoms with Gasteiger partial charge in [-0.2, -0.15) is 0 Å². The Bertz CT molecular complexity index is 449. The standard InChI is InChI=1S/C26H51N2/c1-4-7-9-11-12-13-14-15-16-17-18-20-22-26-27(6-3)24-25-28(26)23-21-19-10-8-5-2/h24-25H,4-23H2,1-3H3/q+1. The number of rotatable bonds is 20. The van der Waals surface area contributed by atoms with Gasteiger partial charge < -0.3 is 0 Å². The average Bonchev–Trinajstić information content (AvgIpc) is 3.10. The molecule has 1 rings (SSSR count). The average molecular weight is 392 g/mol. The van der Waals surface area contributed by atoms with Gasteiger partial charge in [-0.05, 0) is 26.2 Å². The van der Waals surface area contributed by atoms with Gasteiger partial charge in [0.15, 0.2) is 0 Å². The molecule has 0 atom stereocenters. The Balaban J connectivity index is 2.09. The van der Waals surface area contributed by atoms with E-state index in [-0.39, 0.29) is 0 Å². The summed E-state index contributed by atoms with van der Waals surface area (Å²) in [6.07, 6.45) is 29.9. The Morgan fingerprint density at radius 1 is 0.607 bits per heavy atom. The van der Waals surface area contributed by atoms with E-state index in [2.05, 4.69) is 42.3 Å². The van der Waals surface area contributed by atoms with E-state index in [1.165, 1.54) is 122 Å². The van der Waals surface area contributed by atoms with Crippen molar-refractivity contribution in [2.45, 2.75) is 149 Å². The van der Waals surface area contributed by atoms with E-state index in [4.69, 9.17) is 0 Å². The molecule has 0 spiro atoms. The maximum atomic E-state index is 2.54. The second-order valence-corrected chi connectivity index (χ2v) is 8.75. The molecule has 0 N–H and O–H groups in total. The number of nitrogens with zero attached hydrogens (tertiary/aromatic N) is 2. The van der Waals surface area contributed by atoms with Crippen LogP contribution in [0.2, 0.25) is 0 Å². The monoisotopic (exact) mass is 391 g/mol. The summed E-state index contributed by atoms with van der Waals surface area (Å²) in [5.74, 6) is 1.56. The lowest BCUT2D eigenvalue weighted by Gasteiger charge is -2.05. The highest BCUT2D eigenvalue weighted by atomic mass is 15.1. The van der Waals surface area contributed by atoms with Crippen molar-refractivity contribution in [3.8, 4) is 0 Å². The maximum Gasteiger partial charge on any atom is 0.256 e. The Morgan fingerprint density at radius 2 is 1.07 bits per heavy atom. The first-order chi connectivity index (χ1) is 13.8. The number of aryl methyl sites for hydroxylation is 2. The van der Waals surface area contributed by atoms with Gasteiger partial charge in [0.25, 0.3) is 5.82 Å². The fraction of sp³-hybridized carbons (Fsp3) is 0.885. The third-order valence-electron chi connectivity index (χ3n) is 6.19. The fourth-order valence-electron chi connectivity index (χ4n) is 4.29. The number of unbranched alkanes of at least 4 members (excludes halogenated alkanes) is 15. The van der Waals surface area contributed by atoms with E-state index in [1.807, 2.05) is 0 Å². The van der Waals surface area contributed by atoms with E-state index in [0.717, 1.165) is 6.54 Å². The highest BCUT2D eigenvalue weighted by Gasteiger charge is 2.15. The number of hydrogen-bond donors (Lipinski definition) is 0. The minimum atomic E-state index is 1.11. The van der Waals surface area contributed by atoms with Gasteiger partial charge >= 0.3 is 0 Å². The molecule has 0 saturated carbocycles. The molecule has 0 saturated heterocycles. The van der Waals surface area contributed by atoms with E-state index >= 15 is 0 Å². The number of imidazole rings is 1. The number of aromatic nitrogens is 2. The Hall–Kier alpha value is -0.790. The molecule has 28 heavy (non-hydrogen) atoms. The molecule has 0 aliphatic rings. The van der Waals surface area contributed by atoms with Crippen molar-refractivity contribution < 1.29 is 4.57 Å². The first-order valence-corrected chi connectivity index (χ1v) is 12.9. The molecule has 1 heterocycles. The first-order valence-electron chi connectivity index (χ1n) is 12.9. The van der Waals surface area contributed by atoms with E-state index < -0.39 is 0 Å². The Morgan fingerprint density at radius 3 is 1.57 bits per heavy atom. The molecular formula is C26H51N2+. The predicted molar refractivity (Wildman–Crippen MR) is 124 cm³/mol. The zero-order chi connectivity index (χ0) is 20.3. The molecular weight excluding hydrogens is 340 g/mol. The van der Waals surface area contributed by atoms with Gasteiger partial charge in [-0.3, -0.25) is 0 Å². The normalized spacial score (nSPS) is 11.4. The number of hydrogen-bond acceptors (Lipinski definition) is 0. The van der Waals surface area contributed by atoms with E-state index in [9.17, 15) is 0 Å². The van der Waals surface area contributed by atoms with Crippen LogP contribution in [-0.4, -0.2) is 4.57 Å². The minimum Gasteiger partial charge on any atom is -0.235 e. The zero-order valence-corrected chi connectivity index (χ0v) is 19.7. The molecule has 0 fully saturated rings. The van der Waals surface area contributed by atoms with Crippen LogP contribution < -0.4 is 4.57 Å². The lowest BCUT2D eigenvalue weighted by molar-refractivity contribution is -0.704. The summed E-state index contributed by atoms with van der Waals surface area (Å²) in [4.78, 5) is 0. The summed E-state index contributed by atoms with van der Waals surface area (Å²) in [6, 6.07) is 0. The van der Waals surface area contributed by atoms with Crippen molar-refractivity contribution in [1.29, 1.82) is 0 Å². The van der Waals surface area contributed by atoms with Crippen molar-refractivity contribution in [2.75, 3.05) is 0 Å². The second kappa shape index (κ2) is 18.3. The second-order valence-electron chi connectivity index (χ2n) is 8.75. The van der Waals surface area contributed by atoms with Crippen LogP contribution in [0.5, 0.6) is 0 Å². The summed E-state index contributed by atoms with van der Waals surface area (Å²) < 4.78 is 5.00. The predicted octanol–water partition coefficient (Wildman–Crippen LogP) is 8.01. The van der Waals surface area contributed by atoms with Crippen LogP contribution in [-0.2, 0) is 19.5 Å². The Kier molecular flexibility index (Phi) is 16.5. The molecule has 1 aromatic rings. The summed E-state index contributed by atoms with van der Waals surface area (Å²) in [7, 11) is 0. The first kappa shape index (κ1) is 25.2. The molecule has 1 aromatic heterocycles. The van der Waals surface area contributed by atoms with Crippen LogP contribution in [0.15, 0.2) is 12.4 Å². The van der Waals surface area contributed by atoms with Gasteiger partial charge in [-0.15, -0.1) is 0 Å². The summed E-state index contributed by atoms with van der Waals surface area (Å²) in [5, 5.41) is 0. The summed E-state index contributed by atoms with van der Waals surface area (Å²) in [6.45, 7) is 9.19. The molecule has 0 unspecified atom stereocenters. The van der Waals surface area contributed by atoms with Crippen molar-refractivity contribution >= 4 is 0 Å². The molecule has 0 radical (unpaired) electrons. The smallest absolute Gasteiger partial charge is 0.235 e.